The van der Waals surface area contributed by atoms with E-state index in [1.54, 1.807) is 18.8 Å². The summed E-state index contributed by atoms with van der Waals surface area (Å²) < 4.78 is 5.84. The molecule has 0 aliphatic carbocycles. The zero-order valence-corrected chi connectivity index (χ0v) is 22.5. The van der Waals surface area contributed by atoms with E-state index in [9.17, 15) is 14.7 Å². The van der Waals surface area contributed by atoms with E-state index in [0.717, 1.165) is 32.3 Å². The molecule has 0 fully saturated rings. The van der Waals surface area contributed by atoms with Crippen LogP contribution in [0.2, 0.25) is 0 Å². The van der Waals surface area contributed by atoms with Crippen LogP contribution in [0.1, 0.15) is 17.5 Å². The second kappa shape index (κ2) is 12.1. The van der Waals surface area contributed by atoms with Crippen LogP contribution >= 0.6 is 11.8 Å². The van der Waals surface area contributed by atoms with Gasteiger partial charge in [-0.2, -0.15) is 0 Å². The fourth-order valence-corrected chi connectivity index (χ4v) is 5.75. The first kappa shape index (κ1) is 26.4. The molecule has 1 atom stereocenters. The maximum atomic E-state index is 13.2. The number of carbonyl (C=O) groups is 2. The van der Waals surface area contributed by atoms with Crippen molar-refractivity contribution in [2.45, 2.75) is 35.3 Å². The molecule has 0 unspecified atom stereocenters. The molecule has 7 heteroatoms. The maximum Gasteiger partial charge on any atom is 0.326 e. The van der Waals surface area contributed by atoms with Crippen molar-refractivity contribution in [2.24, 2.45) is 0 Å². The van der Waals surface area contributed by atoms with Crippen molar-refractivity contribution in [3.63, 3.8) is 0 Å². The molecule has 0 aromatic heterocycles. The smallest absolute Gasteiger partial charge is 0.326 e. The van der Waals surface area contributed by atoms with E-state index < -0.39 is 12.0 Å². The summed E-state index contributed by atoms with van der Waals surface area (Å²) in [6.45, 7) is 0.914. The first-order valence-electron chi connectivity index (χ1n) is 12.9. The van der Waals surface area contributed by atoms with E-state index in [1.165, 1.54) is 4.90 Å². The lowest BCUT2D eigenvalue weighted by Crippen LogP contribution is -2.44. The molecule has 0 saturated heterocycles. The van der Waals surface area contributed by atoms with Gasteiger partial charge in [0.1, 0.15) is 18.4 Å². The third-order valence-electron chi connectivity index (χ3n) is 6.83. The zero-order chi connectivity index (χ0) is 27.2. The second-order valence-electron chi connectivity index (χ2n) is 9.42. The highest BCUT2D eigenvalue weighted by Gasteiger charge is 2.28. The van der Waals surface area contributed by atoms with E-state index in [1.807, 2.05) is 78.9 Å². The van der Waals surface area contributed by atoms with E-state index in [4.69, 9.17) is 4.74 Å². The molecule has 39 heavy (non-hydrogen) atoms. The van der Waals surface area contributed by atoms with Crippen LogP contribution in [0, 0.1) is 0 Å². The minimum Gasteiger partial charge on any atom is -0.489 e. The number of carboxylic acid groups (broad SMARTS) is 1. The highest BCUT2D eigenvalue weighted by atomic mass is 32.2. The summed E-state index contributed by atoms with van der Waals surface area (Å²) >= 11 is 1.72. The van der Waals surface area contributed by atoms with Crippen LogP contribution in [0.3, 0.4) is 0 Å². The lowest BCUT2D eigenvalue weighted by molar-refractivity contribution is -0.148. The van der Waals surface area contributed by atoms with Crippen molar-refractivity contribution in [3.05, 3.63) is 114 Å². The van der Waals surface area contributed by atoms with Crippen molar-refractivity contribution in [1.29, 1.82) is 0 Å². The Hall–Kier alpha value is -4.23. The van der Waals surface area contributed by atoms with Crippen molar-refractivity contribution in [2.75, 3.05) is 18.5 Å². The Labute approximate surface area is 232 Å². The summed E-state index contributed by atoms with van der Waals surface area (Å²) in [4.78, 5) is 31.2. The molecule has 5 rings (SSSR count). The Morgan fingerprint density at radius 2 is 1.41 bits per heavy atom. The molecule has 4 aromatic rings. The van der Waals surface area contributed by atoms with Gasteiger partial charge in [0.25, 0.3) is 0 Å². The number of aliphatic carboxylic acids is 1. The summed E-state index contributed by atoms with van der Waals surface area (Å²) in [6.07, 6.45) is 0.405. The number of hydrogen-bond acceptors (Lipinski definition) is 5. The number of carbonyl (C=O) groups excluding carboxylic acids is 1. The van der Waals surface area contributed by atoms with Crippen LogP contribution < -0.4 is 9.64 Å². The standard InChI is InChI=1S/C32H30N2O4S/c1-33(28(32(36)37)21-23-15-17-25(18-16-23)38-22-24-9-3-2-4-10-24)31(35)19-20-34-26-11-5-7-13-29(26)39-30-14-8-6-12-27(30)34/h2-18,28H,19-22H2,1H3,(H,36,37)/t28-/m0/s1. The molecule has 1 N–H and O–H groups in total. The van der Waals surface area contributed by atoms with Gasteiger partial charge >= 0.3 is 5.97 Å². The number of para-hydroxylation sites is 2. The number of hydrogen-bond donors (Lipinski definition) is 1. The molecule has 4 aromatic carbocycles. The van der Waals surface area contributed by atoms with Gasteiger partial charge < -0.3 is 19.6 Å². The molecular weight excluding hydrogens is 508 g/mol. The third kappa shape index (κ3) is 6.26. The highest BCUT2D eigenvalue weighted by Crippen LogP contribution is 2.47. The summed E-state index contributed by atoms with van der Waals surface area (Å²) in [7, 11) is 1.58. The molecule has 198 valence electrons. The fourth-order valence-electron chi connectivity index (χ4n) is 4.66. The molecule has 6 nitrogen and oxygen atoms in total. The van der Waals surface area contributed by atoms with Gasteiger partial charge in [-0.15, -0.1) is 0 Å². The fraction of sp³-hybridized carbons (Fsp3) is 0.188. The van der Waals surface area contributed by atoms with Crippen LogP contribution in [-0.2, 0) is 22.6 Å². The van der Waals surface area contributed by atoms with Crippen LogP contribution in [0.4, 0.5) is 11.4 Å². The van der Waals surface area contributed by atoms with E-state index in [0.29, 0.717) is 18.9 Å². The molecule has 0 spiro atoms. The van der Waals surface area contributed by atoms with Crippen LogP contribution in [-0.4, -0.2) is 41.5 Å². The molecule has 1 amide bonds. The second-order valence-corrected chi connectivity index (χ2v) is 10.5. The predicted octanol–water partition coefficient (Wildman–Crippen LogP) is 6.41. The molecule has 1 heterocycles. The predicted molar refractivity (Wildman–Crippen MR) is 154 cm³/mol. The van der Waals surface area contributed by atoms with Crippen molar-refractivity contribution < 1.29 is 19.4 Å². The number of rotatable bonds is 10. The van der Waals surface area contributed by atoms with Crippen molar-refractivity contribution >= 4 is 35.0 Å². The first-order valence-corrected chi connectivity index (χ1v) is 13.7. The Kier molecular flexibility index (Phi) is 8.18. The number of amides is 1. The van der Waals surface area contributed by atoms with Gasteiger partial charge in [-0.3, -0.25) is 4.79 Å². The Morgan fingerprint density at radius 1 is 0.821 bits per heavy atom. The summed E-state index contributed by atoms with van der Waals surface area (Å²) in [6, 6.07) is 32.6. The maximum absolute atomic E-state index is 13.2. The monoisotopic (exact) mass is 538 g/mol. The van der Waals surface area contributed by atoms with Crippen molar-refractivity contribution in [1.82, 2.24) is 4.90 Å². The number of fused-ring (bicyclic) bond motifs is 2. The highest BCUT2D eigenvalue weighted by molar-refractivity contribution is 7.99. The van der Waals surface area contributed by atoms with Gasteiger partial charge in [-0.05, 0) is 47.5 Å². The quantitative estimate of drug-likeness (QED) is 0.252. The molecule has 0 saturated carbocycles. The van der Waals surface area contributed by atoms with E-state index >= 15 is 0 Å². The van der Waals surface area contributed by atoms with Gasteiger partial charge in [0.2, 0.25) is 5.91 Å². The minimum absolute atomic E-state index is 0.194. The largest absolute Gasteiger partial charge is 0.489 e. The normalized spacial score (nSPS) is 12.7. The SMILES string of the molecule is CN(C(=O)CCN1c2ccccc2Sc2ccccc21)[C@@H](Cc1ccc(OCc2ccccc2)cc1)C(=O)O. The zero-order valence-electron chi connectivity index (χ0n) is 21.7. The number of carboxylic acids is 1. The lowest BCUT2D eigenvalue weighted by atomic mass is 10.0. The third-order valence-corrected chi connectivity index (χ3v) is 7.96. The van der Waals surface area contributed by atoms with Crippen LogP contribution in [0.5, 0.6) is 5.75 Å². The Bertz CT molecular complexity index is 1400. The average Bonchev–Trinajstić information content (AvgIpc) is 2.97. The minimum atomic E-state index is -1.03. The van der Waals surface area contributed by atoms with Gasteiger partial charge in [-0.25, -0.2) is 4.79 Å². The average molecular weight is 539 g/mol. The van der Waals surface area contributed by atoms with Crippen molar-refractivity contribution in [3.8, 4) is 5.75 Å². The topological polar surface area (TPSA) is 70.1 Å². The summed E-state index contributed by atoms with van der Waals surface area (Å²) in [5.41, 5.74) is 4.01. The van der Waals surface area contributed by atoms with Gasteiger partial charge in [0, 0.05) is 36.2 Å². The number of likely N-dealkylation sites (N-methyl/N-ethyl adjacent to an activating group) is 1. The molecule has 1 aliphatic rings. The van der Waals surface area contributed by atoms with Crippen LogP contribution in [0.15, 0.2) is 113 Å². The first-order chi connectivity index (χ1) is 19.0. The molecule has 0 bridgehead atoms. The Balaban J connectivity index is 1.22. The number of benzene rings is 4. The van der Waals surface area contributed by atoms with E-state index in [2.05, 4.69) is 29.2 Å². The Morgan fingerprint density at radius 3 is 2.03 bits per heavy atom. The van der Waals surface area contributed by atoms with Gasteiger partial charge in [0.15, 0.2) is 0 Å². The molecular formula is C32H30N2O4S. The summed E-state index contributed by atoms with van der Waals surface area (Å²) in [5, 5.41) is 9.96. The molecule has 0 radical (unpaired) electrons. The lowest BCUT2D eigenvalue weighted by Gasteiger charge is -2.33. The number of nitrogens with zero attached hydrogens (tertiary/aromatic N) is 2. The van der Waals surface area contributed by atoms with Crippen LogP contribution in [0.25, 0.3) is 0 Å². The number of anilines is 2. The number of ether oxygens (including phenoxy) is 1. The summed E-state index contributed by atoms with van der Waals surface area (Å²) in [5.74, 6) is -0.530. The molecule has 1 aliphatic heterocycles. The van der Waals surface area contributed by atoms with E-state index in [-0.39, 0.29) is 18.7 Å². The van der Waals surface area contributed by atoms with Gasteiger partial charge in [0.05, 0.1) is 11.4 Å². The van der Waals surface area contributed by atoms with Gasteiger partial charge in [-0.1, -0.05) is 78.5 Å².